The topological polar surface area (TPSA) is 29.9 Å². The third-order valence-electron chi connectivity index (χ3n) is 3.93. The van der Waals surface area contributed by atoms with Crippen LogP contribution >= 0.6 is 11.6 Å². The van der Waals surface area contributed by atoms with Crippen LogP contribution < -0.4 is 5.32 Å². The summed E-state index contributed by atoms with van der Waals surface area (Å²) in [5.41, 5.74) is 2.15. The highest BCUT2D eigenvalue weighted by Crippen LogP contribution is 2.30. The third-order valence-corrected chi connectivity index (χ3v) is 4.43. The van der Waals surface area contributed by atoms with Crippen molar-refractivity contribution in [2.75, 3.05) is 7.05 Å². The molecule has 0 aliphatic heterocycles. The molecule has 1 heterocycles. The van der Waals surface area contributed by atoms with Crippen molar-refractivity contribution in [3.63, 3.8) is 0 Å². The first-order valence-corrected chi connectivity index (χ1v) is 6.84. The lowest BCUT2D eigenvalue weighted by molar-refractivity contribution is 0.291. The molecule has 1 aromatic rings. The maximum Gasteiger partial charge on any atom is 0.0847 e. The summed E-state index contributed by atoms with van der Waals surface area (Å²) < 4.78 is 1.95. The molecule has 2 atom stereocenters. The van der Waals surface area contributed by atoms with Gasteiger partial charge in [0.05, 0.1) is 16.4 Å². The Morgan fingerprint density at radius 1 is 1.47 bits per heavy atom. The largest absolute Gasteiger partial charge is 0.317 e. The Labute approximate surface area is 109 Å². The van der Waals surface area contributed by atoms with Crippen LogP contribution in [0.3, 0.4) is 0 Å². The predicted molar refractivity (Wildman–Crippen MR) is 71.5 cm³/mol. The zero-order chi connectivity index (χ0) is 12.4. The van der Waals surface area contributed by atoms with Gasteiger partial charge in [-0.25, -0.2) is 0 Å². The van der Waals surface area contributed by atoms with Gasteiger partial charge in [-0.2, -0.15) is 5.10 Å². The fourth-order valence-corrected chi connectivity index (χ4v) is 3.15. The molecular formula is C13H22ClN3. The van der Waals surface area contributed by atoms with Crippen LogP contribution in [-0.4, -0.2) is 22.9 Å². The molecule has 0 bridgehead atoms. The van der Waals surface area contributed by atoms with Crippen molar-refractivity contribution in [2.45, 2.75) is 45.1 Å². The first kappa shape index (κ1) is 12.9. The van der Waals surface area contributed by atoms with E-state index in [-0.39, 0.29) is 0 Å². The average molecular weight is 256 g/mol. The molecule has 96 valence electrons. The molecule has 0 amide bonds. The number of aromatic nitrogens is 2. The van der Waals surface area contributed by atoms with E-state index in [9.17, 15) is 0 Å². The molecule has 1 aliphatic rings. The van der Waals surface area contributed by atoms with E-state index in [1.165, 1.54) is 31.4 Å². The van der Waals surface area contributed by atoms with E-state index in [1.807, 2.05) is 18.7 Å². The highest BCUT2D eigenvalue weighted by Gasteiger charge is 2.23. The lowest BCUT2D eigenvalue weighted by Crippen LogP contribution is -2.32. The van der Waals surface area contributed by atoms with Crippen LogP contribution in [-0.2, 0) is 13.5 Å². The van der Waals surface area contributed by atoms with Crippen LogP contribution in [0.5, 0.6) is 0 Å². The van der Waals surface area contributed by atoms with Gasteiger partial charge in [-0.05, 0) is 45.6 Å². The predicted octanol–water partition coefficient (Wildman–Crippen LogP) is 2.70. The van der Waals surface area contributed by atoms with Crippen molar-refractivity contribution in [2.24, 2.45) is 13.0 Å². The van der Waals surface area contributed by atoms with Crippen LogP contribution in [0, 0.1) is 12.8 Å². The molecule has 2 unspecified atom stereocenters. The van der Waals surface area contributed by atoms with Gasteiger partial charge in [0.15, 0.2) is 0 Å². The van der Waals surface area contributed by atoms with Gasteiger partial charge in [0.1, 0.15) is 0 Å². The van der Waals surface area contributed by atoms with E-state index in [0.717, 1.165) is 23.1 Å². The standard InChI is InChI=1S/C13H22ClN3/c1-9-13(14)12(17(3)16-9)8-10-5-4-6-11(7-10)15-2/h10-11,15H,4-8H2,1-3H3. The van der Waals surface area contributed by atoms with Gasteiger partial charge in [0.2, 0.25) is 0 Å². The number of hydrogen-bond acceptors (Lipinski definition) is 2. The zero-order valence-electron chi connectivity index (χ0n) is 11.0. The fourth-order valence-electron chi connectivity index (χ4n) is 2.91. The number of nitrogens with one attached hydrogen (secondary N) is 1. The Kier molecular flexibility index (Phi) is 4.10. The molecule has 0 saturated heterocycles. The molecule has 1 aliphatic carbocycles. The summed E-state index contributed by atoms with van der Waals surface area (Å²) in [4.78, 5) is 0. The fraction of sp³-hybridized carbons (Fsp3) is 0.769. The van der Waals surface area contributed by atoms with Gasteiger partial charge in [0.25, 0.3) is 0 Å². The van der Waals surface area contributed by atoms with E-state index in [1.54, 1.807) is 0 Å². The van der Waals surface area contributed by atoms with Gasteiger partial charge in [0, 0.05) is 13.1 Å². The number of nitrogens with zero attached hydrogens (tertiary/aromatic N) is 2. The van der Waals surface area contributed by atoms with Crippen LogP contribution in [0.15, 0.2) is 0 Å². The molecule has 17 heavy (non-hydrogen) atoms. The summed E-state index contributed by atoms with van der Waals surface area (Å²) in [5.74, 6) is 0.744. The van der Waals surface area contributed by atoms with Crippen LogP contribution in [0.2, 0.25) is 5.02 Å². The maximum atomic E-state index is 6.30. The number of rotatable bonds is 3. The molecule has 4 heteroatoms. The minimum absolute atomic E-state index is 0.682. The molecule has 2 rings (SSSR count). The van der Waals surface area contributed by atoms with Crippen molar-refractivity contribution >= 4 is 11.6 Å². The second-order valence-corrected chi connectivity index (χ2v) is 5.57. The first-order valence-electron chi connectivity index (χ1n) is 6.47. The summed E-state index contributed by atoms with van der Waals surface area (Å²) >= 11 is 6.30. The summed E-state index contributed by atoms with van der Waals surface area (Å²) in [5, 5.41) is 8.64. The van der Waals surface area contributed by atoms with Gasteiger partial charge in [-0.15, -0.1) is 0 Å². The van der Waals surface area contributed by atoms with Crippen molar-refractivity contribution in [3.05, 3.63) is 16.4 Å². The second-order valence-electron chi connectivity index (χ2n) is 5.19. The quantitative estimate of drug-likeness (QED) is 0.900. The Bertz CT molecular complexity index is 386. The Morgan fingerprint density at radius 2 is 2.24 bits per heavy atom. The Balaban J connectivity index is 2.05. The van der Waals surface area contributed by atoms with E-state index >= 15 is 0 Å². The van der Waals surface area contributed by atoms with E-state index < -0.39 is 0 Å². The average Bonchev–Trinajstić information content (AvgIpc) is 2.56. The van der Waals surface area contributed by atoms with Crippen molar-refractivity contribution in [1.82, 2.24) is 15.1 Å². The van der Waals surface area contributed by atoms with Crippen LogP contribution in [0.4, 0.5) is 0 Å². The molecular weight excluding hydrogens is 234 g/mol. The number of hydrogen-bond donors (Lipinski definition) is 1. The van der Waals surface area contributed by atoms with Crippen molar-refractivity contribution in [1.29, 1.82) is 0 Å². The number of halogens is 1. The van der Waals surface area contributed by atoms with E-state index in [0.29, 0.717) is 6.04 Å². The minimum Gasteiger partial charge on any atom is -0.317 e. The summed E-state index contributed by atoms with van der Waals surface area (Å²) in [6, 6.07) is 0.682. The first-order chi connectivity index (χ1) is 8.11. The third kappa shape index (κ3) is 2.83. The smallest absolute Gasteiger partial charge is 0.0847 e. The lowest BCUT2D eigenvalue weighted by atomic mass is 9.83. The monoisotopic (exact) mass is 255 g/mol. The van der Waals surface area contributed by atoms with E-state index in [2.05, 4.69) is 17.5 Å². The van der Waals surface area contributed by atoms with Crippen LogP contribution in [0.25, 0.3) is 0 Å². The molecule has 1 saturated carbocycles. The number of aryl methyl sites for hydroxylation is 2. The second kappa shape index (κ2) is 5.40. The van der Waals surface area contributed by atoms with E-state index in [4.69, 9.17) is 11.6 Å². The van der Waals surface area contributed by atoms with Gasteiger partial charge >= 0.3 is 0 Å². The highest BCUT2D eigenvalue weighted by molar-refractivity contribution is 6.31. The van der Waals surface area contributed by atoms with Gasteiger partial charge in [-0.3, -0.25) is 4.68 Å². The molecule has 0 aromatic carbocycles. The molecule has 1 fully saturated rings. The molecule has 0 spiro atoms. The minimum atomic E-state index is 0.682. The maximum absolute atomic E-state index is 6.30. The summed E-state index contributed by atoms with van der Waals surface area (Å²) in [7, 11) is 4.06. The van der Waals surface area contributed by atoms with Crippen LogP contribution in [0.1, 0.15) is 37.1 Å². The molecule has 3 nitrogen and oxygen atoms in total. The molecule has 1 N–H and O–H groups in total. The summed E-state index contributed by atoms with van der Waals surface area (Å²) in [6.07, 6.45) is 6.28. The Hall–Kier alpha value is -0.540. The molecule has 1 aromatic heterocycles. The van der Waals surface area contributed by atoms with Crippen molar-refractivity contribution in [3.8, 4) is 0 Å². The van der Waals surface area contributed by atoms with Gasteiger partial charge < -0.3 is 5.32 Å². The lowest BCUT2D eigenvalue weighted by Gasteiger charge is -2.28. The van der Waals surface area contributed by atoms with Crippen molar-refractivity contribution < 1.29 is 0 Å². The molecule has 0 radical (unpaired) electrons. The van der Waals surface area contributed by atoms with Gasteiger partial charge in [-0.1, -0.05) is 18.0 Å². The highest BCUT2D eigenvalue weighted by atomic mass is 35.5. The summed E-state index contributed by atoms with van der Waals surface area (Å²) in [6.45, 7) is 1.98. The SMILES string of the molecule is CNC1CCCC(Cc2c(Cl)c(C)nn2C)C1. The normalized spacial score (nSPS) is 25.2. The zero-order valence-corrected chi connectivity index (χ0v) is 11.7. The Morgan fingerprint density at radius 3 is 2.82 bits per heavy atom.